The Bertz CT molecular complexity index is 1100. The van der Waals surface area contributed by atoms with Crippen molar-refractivity contribution in [3.8, 4) is 11.1 Å². The molecule has 0 saturated carbocycles. The first-order valence-electron chi connectivity index (χ1n) is 10.6. The maximum Gasteiger partial charge on any atom is -0.0395 e. The molecule has 170 valence electrons. The van der Waals surface area contributed by atoms with Crippen LogP contribution in [-0.4, -0.2) is 5.43 Å². The molecule has 0 fully saturated rings. The number of allylic oxidation sites excluding steroid dienone is 4. The predicted molar refractivity (Wildman–Crippen MR) is 132 cm³/mol. The van der Waals surface area contributed by atoms with Crippen molar-refractivity contribution in [1.29, 1.82) is 0 Å². The Hall–Kier alpha value is -0.790. The standard InChI is InChI=1S/C17H15.C9H13.C2H6Si.2ClH.Zr/c1-12-6-5-9-15(13(12)2)17-11-10-14-7-3-4-8-16(14)17;1-6-5-7(2)9(4)8(6)3;1-3-2;;;/h3-11H,1-2H3;6H,1-4H3;1-2H3;2*1H;/q2*-1;;;;+2/p-2. The first-order chi connectivity index (χ1) is 14.1. The van der Waals surface area contributed by atoms with Gasteiger partial charge in [0.2, 0.25) is 0 Å². The molecular weight excluding hydrogens is 527 g/mol. The Morgan fingerprint density at radius 3 is 1.97 bits per heavy atom. The summed E-state index contributed by atoms with van der Waals surface area (Å²) in [6.45, 7) is 17.7. The molecule has 0 heterocycles. The number of benzene rings is 2. The molecule has 0 aromatic heterocycles. The van der Waals surface area contributed by atoms with E-state index >= 15 is 0 Å². The Balaban J connectivity index is 0.000000547. The third-order valence-electron chi connectivity index (χ3n) is 5.81. The predicted octanol–water partition coefficient (Wildman–Crippen LogP) is 2.36. The van der Waals surface area contributed by atoms with Gasteiger partial charge in [0.15, 0.2) is 0 Å². The normalized spacial score (nSPS) is 14.3. The van der Waals surface area contributed by atoms with Crippen molar-refractivity contribution in [2.75, 3.05) is 0 Å². The smallest absolute Gasteiger partial charge is 0.0395 e. The minimum atomic E-state index is 0. The zero-order valence-electron chi connectivity index (χ0n) is 20.5. The maximum atomic E-state index is 3.36. The quantitative estimate of drug-likeness (QED) is 0.317. The minimum absolute atomic E-state index is 0. The van der Waals surface area contributed by atoms with E-state index in [1.165, 1.54) is 49.7 Å². The zero-order valence-corrected chi connectivity index (χ0v) is 25.5. The van der Waals surface area contributed by atoms with Gasteiger partial charge < -0.3 is 24.8 Å². The molecule has 1 aliphatic carbocycles. The Kier molecular flexibility index (Phi) is 14.1. The zero-order chi connectivity index (χ0) is 22.4. The van der Waals surface area contributed by atoms with Crippen LogP contribution in [-0.2, 0) is 23.3 Å². The fourth-order valence-corrected chi connectivity index (χ4v) is 3.59. The number of hydrogen-bond acceptors (Lipinski definition) is 0. The van der Waals surface area contributed by atoms with Crippen LogP contribution < -0.4 is 24.8 Å². The maximum absolute atomic E-state index is 3.36. The van der Waals surface area contributed by atoms with Crippen LogP contribution in [0.15, 0.2) is 71.3 Å². The Morgan fingerprint density at radius 1 is 0.875 bits per heavy atom. The molecule has 0 N–H and O–H groups in total. The molecule has 0 amide bonds. The van der Waals surface area contributed by atoms with Crippen molar-refractivity contribution in [3.63, 3.8) is 0 Å². The molecule has 4 heteroatoms. The van der Waals surface area contributed by atoms with Gasteiger partial charge in [0.1, 0.15) is 0 Å². The molecule has 0 saturated heterocycles. The number of hydrogen-bond donors (Lipinski definition) is 0. The van der Waals surface area contributed by atoms with Crippen molar-refractivity contribution in [1.82, 2.24) is 0 Å². The second-order valence-corrected chi connectivity index (χ2v) is 17.8. The number of aryl methyl sites for hydroxylation is 1. The van der Waals surface area contributed by atoms with E-state index in [2.05, 4.69) is 115 Å². The molecule has 0 spiro atoms. The number of halogens is 2. The molecule has 3 aromatic carbocycles. The summed E-state index contributed by atoms with van der Waals surface area (Å²) >= 11 is 1.74. The van der Waals surface area contributed by atoms with E-state index in [0.717, 1.165) is 0 Å². The summed E-state index contributed by atoms with van der Waals surface area (Å²) in [5, 5.41) is 2.67. The van der Waals surface area contributed by atoms with Gasteiger partial charge in [0.25, 0.3) is 0 Å². The van der Waals surface area contributed by atoms with Gasteiger partial charge in [0, 0.05) is 0 Å². The Labute approximate surface area is 223 Å². The SMILES string of the molecule is CC1=[C-]C(C)C(C)=C1C.C[Si](C)=[Zr+2].Cc1cccc(-c2c[cH-]c3ccccc23)c1C.[Cl-].[Cl-]. The number of fused-ring (bicyclic) bond motifs is 1. The van der Waals surface area contributed by atoms with Crippen LogP contribution in [0.3, 0.4) is 0 Å². The third kappa shape index (κ3) is 8.21. The van der Waals surface area contributed by atoms with Gasteiger partial charge in [-0.2, -0.15) is 11.1 Å². The van der Waals surface area contributed by atoms with Gasteiger partial charge in [-0.05, 0) is 19.4 Å². The topological polar surface area (TPSA) is 0 Å². The van der Waals surface area contributed by atoms with Gasteiger partial charge in [-0.15, -0.1) is 53.6 Å². The van der Waals surface area contributed by atoms with E-state index < -0.39 is 0 Å². The molecule has 4 rings (SSSR count). The molecule has 0 nitrogen and oxygen atoms in total. The van der Waals surface area contributed by atoms with Gasteiger partial charge in [-0.1, -0.05) is 62.1 Å². The van der Waals surface area contributed by atoms with E-state index in [1.54, 1.807) is 23.3 Å². The largest absolute Gasteiger partial charge is 1.00 e. The van der Waals surface area contributed by atoms with E-state index in [1.807, 2.05) is 0 Å². The van der Waals surface area contributed by atoms with E-state index in [0.29, 0.717) is 5.92 Å². The molecule has 0 bridgehead atoms. The summed E-state index contributed by atoms with van der Waals surface area (Å²) in [6, 6.07) is 19.5. The van der Waals surface area contributed by atoms with Crippen LogP contribution >= 0.6 is 0 Å². The van der Waals surface area contributed by atoms with Crippen LogP contribution in [0.1, 0.15) is 38.8 Å². The fraction of sp³-hybridized carbons (Fsp3) is 0.321. The molecule has 1 unspecified atom stereocenters. The van der Waals surface area contributed by atoms with E-state index in [4.69, 9.17) is 0 Å². The molecule has 1 aliphatic rings. The summed E-state index contributed by atoms with van der Waals surface area (Å²) in [6.07, 6.45) is 3.36. The second kappa shape index (κ2) is 14.5. The van der Waals surface area contributed by atoms with Crippen LogP contribution in [0.4, 0.5) is 0 Å². The van der Waals surface area contributed by atoms with E-state index in [9.17, 15) is 0 Å². The van der Waals surface area contributed by atoms with Crippen LogP contribution in [0, 0.1) is 25.8 Å². The molecule has 0 aliphatic heterocycles. The van der Waals surface area contributed by atoms with Crippen LogP contribution in [0.25, 0.3) is 21.9 Å². The first kappa shape index (κ1) is 31.2. The van der Waals surface area contributed by atoms with Crippen molar-refractivity contribution >= 4 is 16.2 Å². The minimum Gasteiger partial charge on any atom is -1.00 e. The molecule has 1 atom stereocenters. The summed E-state index contributed by atoms with van der Waals surface area (Å²) in [7, 11) is 0. The second-order valence-electron chi connectivity index (χ2n) is 8.38. The molecule has 0 radical (unpaired) electrons. The van der Waals surface area contributed by atoms with Crippen molar-refractivity contribution < 1.29 is 48.1 Å². The summed E-state index contributed by atoms with van der Waals surface area (Å²) in [4.78, 5) is 0. The van der Waals surface area contributed by atoms with Gasteiger partial charge >= 0.3 is 41.9 Å². The van der Waals surface area contributed by atoms with Crippen molar-refractivity contribution in [3.05, 3.63) is 88.5 Å². The van der Waals surface area contributed by atoms with Crippen molar-refractivity contribution in [2.45, 2.75) is 54.6 Å². The average molecular weight is 561 g/mol. The number of rotatable bonds is 1. The van der Waals surface area contributed by atoms with Gasteiger partial charge in [-0.25, -0.2) is 5.57 Å². The van der Waals surface area contributed by atoms with Crippen molar-refractivity contribution in [2.24, 2.45) is 5.92 Å². The fourth-order valence-electron chi connectivity index (χ4n) is 3.59. The van der Waals surface area contributed by atoms with Gasteiger partial charge in [-0.3, -0.25) is 6.08 Å². The molecular formula is C28H34Cl2SiZr-2. The van der Waals surface area contributed by atoms with Crippen LogP contribution in [0.2, 0.25) is 13.1 Å². The van der Waals surface area contributed by atoms with Crippen LogP contribution in [0.5, 0.6) is 0 Å². The first-order valence-corrected chi connectivity index (χ1v) is 16.8. The third-order valence-corrected chi connectivity index (χ3v) is 5.81. The Morgan fingerprint density at radius 2 is 1.47 bits per heavy atom. The molecule has 32 heavy (non-hydrogen) atoms. The summed E-state index contributed by atoms with van der Waals surface area (Å²) in [5.74, 6) is 0.560. The molecule has 3 aromatic rings. The van der Waals surface area contributed by atoms with E-state index in [-0.39, 0.29) is 30.2 Å². The monoisotopic (exact) mass is 558 g/mol. The summed E-state index contributed by atoms with van der Waals surface area (Å²) < 4.78 is 0. The average Bonchev–Trinajstić information content (AvgIpc) is 3.21. The summed E-state index contributed by atoms with van der Waals surface area (Å²) in [5.41, 5.74) is 9.89. The van der Waals surface area contributed by atoms with Gasteiger partial charge in [0.05, 0.1) is 0 Å².